The van der Waals surface area contributed by atoms with Gasteiger partial charge < -0.3 is 9.52 Å². The zero-order chi connectivity index (χ0) is 20.6. The van der Waals surface area contributed by atoms with Crippen LogP contribution in [0.15, 0.2) is 51.7 Å². The fraction of sp³-hybridized carbons (Fsp3) is 0.150. The third kappa shape index (κ3) is 2.83. The molecule has 1 unspecified atom stereocenters. The van der Waals surface area contributed by atoms with E-state index < -0.39 is 29.0 Å². The molecule has 0 saturated heterocycles. The van der Waals surface area contributed by atoms with E-state index in [4.69, 9.17) is 10.8 Å². The third-order valence-electron chi connectivity index (χ3n) is 4.63. The van der Waals surface area contributed by atoms with Gasteiger partial charge in [-0.2, -0.15) is 0 Å². The number of carboxylic acid groups (broad SMARTS) is 1. The summed E-state index contributed by atoms with van der Waals surface area (Å²) in [6.07, 6.45) is 5.29. The van der Waals surface area contributed by atoms with Crippen LogP contribution in [-0.2, 0) is 22.2 Å². The van der Waals surface area contributed by atoms with Crippen molar-refractivity contribution in [2.75, 3.05) is 4.90 Å². The molecule has 3 aromatic rings. The number of anilines is 1. The number of aliphatic carboxylic acids is 1. The Kier molecular flexibility index (Phi) is 4.53. The topological polar surface area (TPSA) is 92.8 Å². The molecule has 2 aromatic carbocycles. The van der Waals surface area contributed by atoms with E-state index in [9.17, 15) is 23.9 Å². The first-order valence-corrected chi connectivity index (χ1v) is 8.10. The van der Waals surface area contributed by atoms with Gasteiger partial charge in [-0.3, -0.25) is 14.3 Å². The summed E-state index contributed by atoms with van der Waals surface area (Å²) in [4.78, 5) is 37.5. The number of carbonyl (C=O) groups excluding carboxylic acids is 1. The molecule has 28 heavy (non-hydrogen) atoms. The maximum atomic E-state index is 13.3. The number of carbonyl (C=O) groups is 2. The first-order valence-electron chi connectivity index (χ1n) is 8.10. The van der Waals surface area contributed by atoms with Gasteiger partial charge in [0.2, 0.25) is 0 Å². The second kappa shape index (κ2) is 6.70. The first-order chi connectivity index (χ1) is 13.2. The number of hydrogen-bond donors (Lipinski definition) is 1. The van der Waals surface area contributed by atoms with Crippen molar-refractivity contribution in [3.8, 4) is 12.3 Å². The Morgan fingerprint density at radius 3 is 2.46 bits per heavy atom. The van der Waals surface area contributed by atoms with E-state index >= 15 is 0 Å². The number of aromatic nitrogens is 1. The van der Waals surface area contributed by atoms with Gasteiger partial charge in [-0.1, -0.05) is 12.1 Å². The smallest absolute Gasteiger partial charge is 0.419 e. The molecule has 0 aliphatic rings. The average Bonchev–Trinajstić information content (AvgIpc) is 2.95. The Labute approximate surface area is 158 Å². The lowest BCUT2D eigenvalue weighted by molar-refractivity contribution is -0.144. The van der Waals surface area contributed by atoms with Crippen LogP contribution in [0.5, 0.6) is 0 Å². The fourth-order valence-corrected chi connectivity index (χ4v) is 3.02. The highest BCUT2D eigenvalue weighted by Crippen LogP contribution is 2.35. The Hall–Kier alpha value is -3.86. The highest BCUT2D eigenvalue weighted by molar-refractivity contribution is 6.10. The monoisotopic (exact) mass is 382 g/mol. The molecule has 142 valence electrons. The van der Waals surface area contributed by atoms with Crippen LogP contribution in [0.25, 0.3) is 11.1 Å². The number of benzene rings is 2. The molecule has 1 heterocycles. The SMILES string of the molecule is C#CC(=O)N(c1ccc2oc(=O)n(C)c2c1)C(C)(C(=O)O)c1ccc(F)cc1. The number of carboxylic acids is 1. The molecule has 3 rings (SSSR count). The van der Waals surface area contributed by atoms with Crippen LogP contribution in [0.1, 0.15) is 12.5 Å². The number of halogens is 1. The maximum Gasteiger partial charge on any atom is 0.419 e. The van der Waals surface area contributed by atoms with Gasteiger partial charge in [-0.05, 0) is 48.7 Å². The molecule has 0 fully saturated rings. The number of rotatable bonds is 4. The number of nitrogens with zero attached hydrogens (tertiary/aromatic N) is 2. The molecular weight excluding hydrogens is 367 g/mol. The summed E-state index contributed by atoms with van der Waals surface area (Å²) in [5.74, 6) is -1.52. The zero-order valence-electron chi connectivity index (χ0n) is 15.0. The number of hydrogen-bond acceptors (Lipinski definition) is 4. The van der Waals surface area contributed by atoms with E-state index in [1.165, 1.54) is 48.9 Å². The van der Waals surface area contributed by atoms with E-state index in [0.29, 0.717) is 5.52 Å². The van der Waals surface area contributed by atoms with Gasteiger partial charge in [0.05, 0.1) is 5.52 Å². The molecule has 0 aliphatic carbocycles. The number of terminal acetylenes is 1. The van der Waals surface area contributed by atoms with Gasteiger partial charge in [0.25, 0.3) is 0 Å². The van der Waals surface area contributed by atoms with E-state index in [-0.39, 0.29) is 16.8 Å². The van der Waals surface area contributed by atoms with Crippen LogP contribution >= 0.6 is 0 Å². The summed E-state index contributed by atoms with van der Waals surface area (Å²) in [5.41, 5.74) is -1.03. The summed E-state index contributed by atoms with van der Waals surface area (Å²) < 4.78 is 19.6. The minimum atomic E-state index is -1.94. The van der Waals surface area contributed by atoms with Crippen molar-refractivity contribution in [2.45, 2.75) is 12.5 Å². The Balaban J connectivity index is 2.29. The van der Waals surface area contributed by atoms with Gasteiger partial charge in [0.1, 0.15) is 5.82 Å². The van der Waals surface area contributed by atoms with Gasteiger partial charge in [0.15, 0.2) is 11.1 Å². The minimum absolute atomic E-state index is 0.140. The standard InChI is InChI=1S/C20H15FN2O5/c1-4-17(24)23(14-9-10-16-15(11-14)22(3)19(27)28-16)20(2,18(25)26)12-5-7-13(21)8-6-12/h1,5-11H,2-3H3,(H,25,26). The van der Waals surface area contributed by atoms with Crippen molar-refractivity contribution < 1.29 is 23.5 Å². The second-order valence-corrected chi connectivity index (χ2v) is 6.25. The lowest BCUT2D eigenvalue weighted by atomic mass is 9.89. The van der Waals surface area contributed by atoms with Crippen LogP contribution in [0.3, 0.4) is 0 Å². The molecule has 0 radical (unpaired) electrons. The van der Waals surface area contributed by atoms with E-state index in [1.54, 1.807) is 0 Å². The normalized spacial score (nSPS) is 12.9. The molecular formula is C20H15FN2O5. The predicted molar refractivity (Wildman–Crippen MR) is 99.2 cm³/mol. The molecule has 0 aliphatic heterocycles. The molecule has 7 nitrogen and oxygen atoms in total. The molecule has 1 N–H and O–H groups in total. The lowest BCUT2D eigenvalue weighted by Gasteiger charge is -2.37. The van der Waals surface area contributed by atoms with Crippen molar-refractivity contribution in [3.63, 3.8) is 0 Å². The number of amides is 1. The Morgan fingerprint density at radius 2 is 1.89 bits per heavy atom. The largest absolute Gasteiger partial charge is 0.479 e. The predicted octanol–water partition coefficient (Wildman–Crippen LogP) is 2.24. The van der Waals surface area contributed by atoms with Crippen LogP contribution in [0.4, 0.5) is 10.1 Å². The summed E-state index contributed by atoms with van der Waals surface area (Å²) in [6.45, 7) is 1.29. The van der Waals surface area contributed by atoms with Gasteiger partial charge in [-0.15, -0.1) is 6.42 Å². The highest BCUT2D eigenvalue weighted by atomic mass is 19.1. The summed E-state index contributed by atoms with van der Waals surface area (Å²) in [5, 5.41) is 9.97. The van der Waals surface area contributed by atoms with Crippen LogP contribution in [0.2, 0.25) is 0 Å². The van der Waals surface area contributed by atoms with Crippen molar-refractivity contribution in [1.29, 1.82) is 0 Å². The van der Waals surface area contributed by atoms with E-state index in [2.05, 4.69) is 0 Å². The van der Waals surface area contributed by atoms with E-state index in [1.807, 2.05) is 5.92 Å². The number of fused-ring (bicyclic) bond motifs is 1. The maximum absolute atomic E-state index is 13.3. The average molecular weight is 382 g/mol. The summed E-state index contributed by atoms with van der Waals surface area (Å²) in [7, 11) is 1.47. The fourth-order valence-electron chi connectivity index (χ4n) is 3.02. The van der Waals surface area contributed by atoms with Gasteiger partial charge >= 0.3 is 17.6 Å². The Bertz CT molecular complexity index is 1190. The van der Waals surface area contributed by atoms with Crippen molar-refractivity contribution in [1.82, 2.24) is 4.57 Å². The van der Waals surface area contributed by atoms with Crippen LogP contribution in [-0.4, -0.2) is 21.6 Å². The van der Waals surface area contributed by atoms with Crippen molar-refractivity contribution in [3.05, 3.63) is 64.4 Å². The van der Waals surface area contributed by atoms with Crippen molar-refractivity contribution >= 4 is 28.7 Å². The van der Waals surface area contributed by atoms with E-state index in [0.717, 1.165) is 17.0 Å². The number of oxazole rings is 1. The molecule has 8 heteroatoms. The molecule has 1 amide bonds. The molecule has 0 saturated carbocycles. The number of aryl methyl sites for hydroxylation is 1. The Morgan fingerprint density at radius 1 is 1.25 bits per heavy atom. The van der Waals surface area contributed by atoms with Gasteiger partial charge in [0, 0.05) is 12.7 Å². The lowest BCUT2D eigenvalue weighted by Crippen LogP contribution is -2.53. The zero-order valence-corrected chi connectivity index (χ0v) is 15.0. The molecule has 0 bridgehead atoms. The molecule has 1 aromatic heterocycles. The molecule has 1 atom stereocenters. The minimum Gasteiger partial charge on any atom is -0.479 e. The quantitative estimate of drug-likeness (QED) is 0.699. The summed E-state index contributed by atoms with van der Waals surface area (Å²) >= 11 is 0. The first kappa shape index (κ1) is 18.9. The molecule has 0 spiro atoms. The van der Waals surface area contributed by atoms with Crippen molar-refractivity contribution in [2.24, 2.45) is 7.05 Å². The summed E-state index contributed by atoms with van der Waals surface area (Å²) in [6, 6.07) is 9.02. The second-order valence-electron chi connectivity index (χ2n) is 6.25. The highest BCUT2D eigenvalue weighted by Gasteiger charge is 2.45. The van der Waals surface area contributed by atoms with Crippen LogP contribution < -0.4 is 10.7 Å². The van der Waals surface area contributed by atoms with Gasteiger partial charge in [-0.25, -0.2) is 14.0 Å². The van der Waals surface area contributed by atoms with Crippen LogP contribution in [0, 0.1) is 18.2 Å². The third-order valence-corrected chi connectivity index (χ3v) is 4.63.